The summed E-state index contributed by atoms with van der Waals surface area (Å²) < 4.78 is 36.9. The fraction of sp³-hybridized carbons (Fsp3) is 0.222. The summed E-state index contributed by atoms with van der Waals surface area (Å²) in [7, 11) is 0. The molecule has 0 aliphatic rings. The van der Waals surface area contributed by atoms with Gasteiger partial charge in [0, 0.05) is 5.02 Å². The molecule has 0 unspecified atom stereocenters. The molecule has 0 amide bonds. The quantitative estimate of drug-likeness (QED) is 0.572. The molecule has 1 aromatic carbocycles. The molecule has 0 heterocycles. The molecule has 0 aromatic heterocycles. The van der Waals surface area contributed by atoms with E-state index in [9.17, 15) is 18.0 Å². The monoisotopic (exact) mass is 235 g/mol. The van der Waals surface area contributed by atoms with Gasteiger partial charge in [0.25, 0.3) is 0 Å². The second-order valence-corrected chi connectivity index (χ2v) is 3.19. The van der Waals surface area contributed by atoms with Gasteiger partial charge in [0.05, 0.1) is 12.1 Å². The van der Waals surface area contributed by atoms with E-state index in [1.54, 1.807) is 0 Å². The Morgan fingerprint density at radius 1 is 1.33 bits per heavy atom. The lowest BCUT2D eigenvalue weighted by molar-refractivity contribution is -0.137. The molecule has 0 N–H and O–H groups in total. The summed E-state index contributed by atoms with van der Waals surface area (Å²) in [6.45, 7) is -0.160. The third kappa shape index (κ3) is 3.38. The minimum Gasteiger partial charge on any atom is -0.211 e. The van der Waals surface area contributed by atoms with Gasteiger partial charge >= 0.3 is 6.18 Å². The standard InChI is InChI=1S/C9H5ClF3NO/c10-8-2-6(4-14-5-15)1-7(3-8)9(11,12)13/h1-3H,4H2. The molecule has 15 heavy (non-hydrogen) atoms. The summed E-state index contributed by atoms with van der Waals surface area (Å²) in [5.74, 6) is 0. The zero-order valence-electron chi connectivity index (χ0n) is 7.31. The van der Waals surface area contributed by atoms with E-state index in [1.165, 1.54) is 12.1 Å². The number of nitrogens with zero attached hydrogens (tertiary/aromatic N) is 1. The SMILES string of the molecule is O=C=NCc1cc(Cl)cc(C(F)(F)F)c1. The highest BCUT2D eigenvalue weighted by atomic mass is 35.5. The Morgan fingerprint density at radius 3 is 2.53 bits per heavy atom. The summed E-state index contributed by atoms with van der Waals surface area (Å²) in [6, 6.07) is 3.03. The lowest BCUT2D eigenvalue weighted by atomic mass is 10.1. The largest absolute Gasteiger partial charge is 0.416 e. The van der Waals surface area contributed by atoms with E-state index >= 15 is 0 Å². The normalized spacial score (nSPS) is 10.9. The lowest BCUT2D eigenvalue weighted by Crippen LogP contribution is -2.05. The molecule has 1 rings (SSSR count). The smallest absolute Gasteiger partial charge is 0.211 e. The first-order valence-corrected chi connectivity index (χ1v) is 4.21. The van der Waals surface area contributed by atoms with Crippen LogP contribution in [0.5, 0.6) is 0 Å². The number of hydrogen-bond acceptors (Lipinski definition) is 2. The Morgan fingerprint density at radius 2 is 2.00 bits per heavy atom. The van der Waals surface area contributed by atoms with Crippen molar-refractivity contribution in [3.05, 3.63) is 34.3 Å². The van der Waals surface area contributed by atoms with Gasteiger partial charge < -0.3 is 0 Å². The van der Waals surface area contributed by atoms with E-state index in [0.29, 0.717) is 0 Å². The number of hydrogen-bond donors (Lipinski definition) is 0. The summed E-state index contributed by atoms with van der Waals surface area (Å²) in [6.07, 6.45) is -3.21. The van der Waals surface area contributed by atoms with Crippen LogP contribution in [0.1, 0.15) is 11.1 Å². The number of rotatable bonds is 2. The van der Waals surface area contributed by atoms with Crippen LogP contribution < -0.4 is 0 Å². The molecule has 0 fully saturated rings. The average Bonchev–Trinajstić information content (AvgIpc) is 2.12. The Labute approximate surface area is 88.4 Å². The van der Waals surface area contributed by atoms with Crippen molar-refractivity contribution in [1.29, 1.82) is 0 Å². The molecule has 0 bridgehead atoms. The molecule has 0 radical (unpaired) electrons. The fourth-order valence-corrected chi connectivity index (χ4v) is 1.29. The van der Waals surface area contributed by atoms with Crippen LogP contribution in [-0.2, 0) is 17.5 Å². The zero-order valence-corrected chi connectivity index (χ0v) is 8.06. The third-order valence-corrected chi connectivity index (χ3v) is 1.83. The van der Waals surface area contributed by atoms with E-state index in [1.807, 2.05) is 0 Å². The first-order valence-electron chi connectivity index (χ1n) is 3.84. The predicted octanol–water partition coefficient (Wildman–Crippen LogP) is 3.19. The maximum atomic E-state index is 12.3. The van der Waals surface area contributed by atoms with Gasteiger partial charge in [-0.25, -0.2) is 9.79 Å². The van der Waals surface area contributed by atoms with Crippen LogP contribution in [0.15, 0.2) is 23.2 Å². The van der Waals surface area contributed by atoms with Crippen molar-refractivity contribution in [1.82, 2.24) is 0 Å². The average molecular weight is 236 g/mol. The lowest BCUT2D eigenvalue weighted by Gasteiger charge is -2.08. The number of isocyanates is 1. The zero-order chi connectivity index (χ0) is 11.5. The minimum atomic E-state index is -4.45. The molecular weight excluding hydrogens is 231 g/mol. The number of aliphatic imine (C=N–C) groups is 1. The first kappa shape index (κ1) is 11.8. The number of alkyl halides is 3. The van der Waals surface area contributed by atoms with Crippen molar-refractivity contribution in [3.8, 4) is 0 Å². The van der Waals surface area contributed by atoms with Crippen LogP contribution in [0.2, 0.25) is 5.02 Å². The fourth-order valence-electron chi connectivity index (χ4n) is 1.03. The summed E-state index contributed by atoms with van der Waals surface area (Å²) in [5, 5.41) is -0.0408. The van der Waals surface area contributed by atoms with Crippen molar-refractivity contribution >= 4 is 17.7 Å². The molecule has 2 nitrogen and oxygen atoms in total. The van der Waals surface area contributed by atoms with Gasteiger partial charge in [0.2, 0.25) is 6.08 Å². The molecule has 0 saturated carbocycles. The molecule has 1 aromatic rings. The van der Waals surface area contributed by atoms with Gasteiger partial charge in [0.1, 0.15) is 0 Å². The van der Waals surface area contributed by atoms with Gasteiger partial charge in [-0.15, -0.1) is 0 Å². The van der Waals surface area contributed by atoms with Crippen LogP contribution >= 0.6 is 11.6 Å². The van der Waals surface area contributed by atoms with Gasteiger partial charge in [-0.2, -0.15) is 13.2 Å². The Bertz CT molecular complexity index is 410. The Hall–Kier alpha value is -1.32. The van der Waals surface area contributed by atoms with E-state index in [2.05, 4.69) is 4.99 Å². The highest BCUT2D eigenvalue weighted by molar-refractivity contribution is 6.30. The van der Waals surface area contributed by atoms with Gasteiger partial charge in [-0.3, -0.25) is 0 Å². The van der Waals surface area contributed by atoms with Crippen molar-refractivity contribution in [2.75, 3.05) is 0 Å². The minimum absolute atomic E-state index is 0.0408. The van der Waals surface area contributed by atoms with Gasteiger partial charge in [-0.05, 0) is 23.8 Å². The first-order chi connectivity index (χ1) is 6.93. The molecule has 0 spiro atoms. The number of halogens is 4. The second kappa shape index (κ2) is 4.47. The van der Waals surface area contributed by atoms with Crippen LogP contribution in [0.4, 0.5) is 13.2 Å². The molecule has 0 aliphatic carbocycles. The van der Waals surface area contributed by atoms with Crippen LogP contribution in [0.3, 0.4) is 0 Å². The molecule has 0 saturated heterocycles. The second-order valence-electron chi connectivity index (χ2n) is 2.75. The Balaban J connectivity index is 3.10. The van der Waals surface area contributed by atoms with Crippen LogP contribution in [0.25, 0.3) is 0 Å². The van der Waals surface area contributed by atoms with Crippen LogP contribution in [-0.4, -0.2) is 6.08 Å². The molecular formula is C9H5ClF3NO. The summed E-state index contributed by atoms with van der Waals surface area (Å²) >= 11 is 5.49. The number of benzene rings is 1. The van der Waals surface area contributed by atoms with Crippen molar-refractivity contribution < 1.29 is 18.0 Å². The topological polar surface area (TPSA) is 29.4 Å². The number of carbonyl (C=O) groups excluding carboxylic acids is 1. The van der Waals surface area contributed by atoms with Crippen molar-refractivity contribution in [2.24, 2.45) is 4.99 Å². The maximum absolute atomic E-state index is 12.3. The predicted molar refractivity (Wildman–Crippen MR) is 48.3 cm³/mol. The van der Waals surface area contributed by atoms with Crippen molar-refractivity contribution in [2.45, 2.75) is 12.7 Å². The van der Waals surface area contributed by atoms with E-state index in [4.69, 9.17) is 11.6 Å². The highest BCUT2D eigenvalue weighted by Crippen LogP contribution is 2.31. The van der Waals surface area contributed by atoms with Crippen LogP contribution in [0, 0.1) is 0 Å². The van der Waals surface area contributed by atoms with E-state index in [0.717, 1.165) is 12.1 Å². The summed E-state index contributed by atoms with van der Waals surface area (Å²) in [5.41, 5.74) is -0.635. The van der Waals surface area contributed by atoms with E-state index < -0.39 is 11.7 Å². The van der Waals surface area contributed by atoms with Gasteiger partial charge in [-0.1, -0.05) is 11.6 Å². The summed E-state index contributed by atoms with van der Waals surface area (Å²) in [4.78, 5) is 13.0. The van der Waals surface area contributed by atoms with E-state index in [-0.39, 0.29) is 17.1 Å². The Kier molecular flexibility index (Phi) is 3.50. The molecule has 6 heteroatoms. The highest BCUT2D eigenvalue weighted by Gasteiger charge is 2.30. The molecule has 0 aliphatic heterocycles. The third-order valence-electron chi connectivity index (χ3n) is 1.61. The molecule has 80 valence electrons. The maximum Gasteiger partial charge on any atom is 0.416 e. The van der Waals surface area contributed by atoms with Crippen molar-refractivity contribution in [3.63, 3.8) is 0 Å². The molecule has 0 atom stereocenters. The van der Waals surface area contributed by atoms with Gasteiger partial charge in [0.15, 0.2) is 0 Å².